The molecule has 0 N–H and O–H groups in total. The van der Waals surface area contributed by atoms with E-state index in [1.54, 1.807) is 54.6 Å². The predicted molar refractivity (Wildman–Crippen MR) is 139 cm³/mol. The summed E-state index contributed by atoms with van der Waals surface area (Å²) in [6.45, 7) is 0.0426. The number of carbonyl (C=O) groups excluding carboxylic acids is 2. The average molecular weight is 597 g/mol. The number of benzene rings is 3. The van der Waals surface area contributed by atoms with Crippen molar-refractivity contribution >= 4 is 68.1 Å². The maximum atomic E-state index is 13.9. The fourth-order valence-corrected chi connectivity index (χ4v) is 5.22. The third-order valence-corrected chi connectivity index (χ3v) is 7.18. The average Bonchev–Trinajstić information content (AvgIpc) is 3.08. The molecule has 1 fully saturated rings. The van der Waals surface area contributed by atoms with Crippen molar-refractivity contribution in [2.24, 2.45) is 0 Å². The van der Waals surface area contributed by atoms with Crippen LogP contribution < -0.4 is 9.47 Å². The van der Waals surface area contributed by atoms with Gasteiger partial charge < -0.3 is 9.47 Å². The molecule has 0 unspecified atom stereocenters. The number of hydrogen-bond acceptors (Lipinski definition) is 5. The Bertz CT molecular complexity index is 1350. The number of nitrogens with zero attached hydrogens (tertiary/aromatic N) is 1. The number of methoxy groups -OCH3 is 1. The highest BCUT2D eigenvalue weighted by atomic mass is 79.9. The van der Waals surface area contributed by atoms with Gasteiger partial charge in [-0.1, -0.05) is 47.5 Å². The molecule has 0 spiro atoms. The Morgan fingerprint density at radius 3 is 2.57 bits per heavy atom. The number of imide groups is 1. The molecular weight excluding hydrogens is 580 g/mol. The first-order valence-electron chi connectivity index (χ1n) is 10.2. The fourth-order valence-electron chi connectivity index (χ4n) is 3.34. The van der Waals surface area contributed by atoms with E-state index in [4.69, 9.17) is 32.7 Å². The van der Waals surface area contributed by atoms with Crippen LogP contribution >= 0.6 is 50.9 Å². The standard InChI is InChI=1S/C25H17BrCl2FNO4S/c1-33-21-9-14(8-18(26)23(21)34-13-16-4-2-3-5-20(16)29)10-22-24(31)30(25(32)35-22)12-15-6-7-17(27)11-19(15)28/h2-11H,12-13H2,1H3/b22-10-. The molecule has 3 aromatic carbocycles. The minimum Gasteiger partial charge on any atom is -0.493 e. The van der Waals surface area contributed by atoms with E-state index in [1.807, 2.05) is 0 Å². The Morgan fingerprint density at radius 2 is 1.86 bits per heavy atom. The lowest BCUT2D eigenvalue weighted by atomic mass is 10.1. The normalized spacial score (nSPS) is 14.7. The summed E-state index contributed by atoms with van der Waals surface area (Å²) in [6.07, 6.45) is 1.60. The number of hydrogen-bond donors (Lipinski definition) is 0. The summed E-state index contributed by atoms with van der Waals surface area (Å²) in [4.78, 5) is 26.9. The minimum absolute atomic E-state index is 0.00707. The zero-order valence-electron chi connectivity index (χ0n) is 18.2. The Balaban J connectivity index is 1.54. The SMILES string of the molecule is COc1cc(/C=C2\SC(=O)N(Cc3ccc(Cl)cc3Cl)C2=O)cc(Br)c1OCc1ccccc1F. The highest BCUT2D eigenvalue weighted by molar-refractivity contribution is 9.10. The van der Waals surface area contributed by atoms with Gasteiger partial charge in [0.15, 0.2) is 11.5 Å². The molecule has 180 valence electrons. The maximum Gasteiger partial charge on any atom is 0.293 e. The molecule has 0 atom stereocenters. The van der Waals surface area contributed by atoms with E-state index in [9.17, 15) is 14.0 Å². The third-order valence-electron chi connectivity index (χ3n) is 5.10. The summed E-state index contributed by atoms with van der Waals surface area (Å²) in [5, 5.41) is 0.442. The Kier molecular flexibility index (Phi) is 8.06. The minimum atomic E-state index is -0.430. The fraction of sp³-hybridized carbons (Fsp3) is 0.120. The van der Waals surface area contributed by atoms with Gasteiger partial charge in [-0.15, -0.1) is 0 Å². The molecule has 35 heavy (non-hydrogen) atoms. The van der Waals surface area contributed by atoms with Gasteiger partial charge in [0.25, 0.3) is 11.1 Å². The lowest BCUT2D eigenvalue weighted by molar-refractivity contribution is -0.123. The molecule has 0 aromatic heterocycles. The number of amides is 2. The van der Waals surface area contributed by atoms with Crippen LogP contribution in [0.15, 0.2) is 64.0 Å². The second-order valence-electron chi connectivity index (χ2n) is 7.42. The Hall–Kier alpha value is -2.52. The van der Waals surface area contributed by atoms with E-state index < -0.39 is 11.1 Å². The quantitative estimate of drug-likeness (QED) is 0.261. The molecule has 1 aliphatic rings. The van der Waals surface area contributed by atoms with Crippen molar-refractivity contribution in [3.8, 4) is 11.5 Å². The highest BCUT2D eigenvalue weighted by Crippen LogP contribution is 2.40. The first kappa shape index (κ1) is 25.6. The largest absolute Gasteiger partial charge is 0.493 e. The van der Waals surface area contributed by atoms with Crippen LogP contribution in [0.1, 0.15) is 16.7 Å². The Labute approximate surface area is 223 Å². The van der Waals surface area contributed by atoms with Crippen molar-refractivity contribution in [3.05, 3.63) is 96.5 Å². The van der Waals surface area contributed by atoms with Crippen molar-refractivity contribution in [2.75, 3.05) is 7.11 Å². The summed E-state index contributed by atoms with van der Waals surface area (Å²) in [5.74, 6) is -0.0247. The molecular formula is C25H17BrCl2FNO4S. The zero-order chi connectivity index (χ0) is 25.1. The van der Waals surface area contributed by atoms with Crippen molar-refractivity contribution in [1.29, 1.82) is 0 Å². The van der Waals surface area contributed by atoms with E-state index in [-0.39, 0.29) is 23.9 Å². The smallest absolute Gasteiger partial charge is 0.293 e. The second kappa shape index (κ2) is 11.0. The Morgan fingerprint density at radius 1 is 1.09 bits per heavy atom. The monoisotopic (exact) mass is 595 g/mol. The molecule has 2 amide bonds. The first-order valence-corrected chi connectivity index (χ1v) is 12.6. The van der Waals surface area contributed by atoms with Gasteiger partial charge in [0, 0.05) is 15.6 Å². The van der Waals surface area contributed by atoms with Gasteiger partial charge >= 0.3 is 0 Å². The van der Waals surface area contributed by atoms with Crippen molar-refractivity contribution < 1.29 is 23.5 Å². The molecule has 3 aromatic rings. The number of thioether (sulfide) groups is 1. The van der Waals surface area contributed by atoms with Gasteiger partial charge in [0.05, 0.1) is 23.0 Å². The van der Waals surface area contributed by atoms with Crippen LogP contribution in [-0.4, -0.2) is 23.2 Å². The maximum absolute atomic E-state index is 13.9. The molecule has 5 nitrogen and oxygen atoms in total. The van der Waals surface area contributed by atoms with Crippen LogP contribution in [0.5, 0.6) is 11.5 Å². The second-order valence-corrected chi connectivity index (χ2v) is 10.1. The van der Waals surface area contributed by atoms with E-state index in [0.717, 1.165) is 16.7 Å². The van der Waals surface area contributed by atoms with Crippen molar-refractivity contribution in [3.63, 3.8) is 0 Å². The van der Waals surface area contributed by atoms with Crippen LogP contribution in [0, 0.1) is 5.82 Å². The molecule has 0 radical (unpaired) electrons. The summed E-state index contributed by atoms with van der Waals surface area (Å²) < 4.78 is 25.7. The third kappa shape index (κ3) is 5.83. The van der Waals surface area contributed by atoms with Gasteiger partial charge in [0.2, 0.25) is 0 Å². The van der Waals surface area contributed by atoms with Crippen LogP contribution in [0.3, 0.4) is 0 Å². The van der Waals surface area contributed by atoms with E-state index in [0.29, 0.717) is 42.7 Å². The molecule has 0 bridgehead atoms. The number of carbonyl (C=O) groups is 2. The van der Waals surface area contributed by atoms with Gasteiger partial charge in [-0.25, -0.2) is 4.39 Å². The molecule has 0 aliphatic carbocycles. The first-order chi connectivity index (χ1) is 16.8. The molecule has 10 heteroatoms. The van der Waals surface area contributed by atoms with Crippen molar-refractivity contribution in [1.82, 2.24) is 4.90 Å². The zero-order valence-corrected chi connectivity index (χ0v) is 22.1. The van der Waals surface area contributed by atoms with Crippen LogP contribution in [-0.2, 0) is 17.9 Å². The van der Waals surface area contributed by atoms with E-state index in [2.05, 4.69) is 15.9 Å². The number of halogens is 4. The van der Waals surface area contributed by atoms with Gasteiger partial charge in [0.1, 0.15) is 12.4 Å². The predicted octanol–water partition coefficient (Wildman–Crippen LogP) is 7.72. The van der Waals surface area contributed by atoms with Crippen LogP contribution in [0.4, 0.5) is 9.18 Å². The highest BCUT2D eigenvalue weighted by Gasteiger charge is 2.35. The van der Waals surface area contributed by atoms with Crippen LogP contribution in [0.25, 0.3) is 6.08 Å². The van der Waals surface area contributed by atoms with E-state index in [1.165, 1.54) is 13.2 Å². The van der Waals surface area contributed by atoms with Gasteiger partial charge in [-0.2, -0.15) is 0 Å². The molecule has 1 saturated heterocycles. The van der Waals surface area contributed by atoms with Crippen molar-refractivity contribution in [2.45, 2.75) is 13.2 Å². The summed E-state index contributed by atoms with van der Waals surface area (Å²) in [5.41, 5.74) is 1.63. The number of ether oxygens (including phenoxy) is 2. The summed E-state index contributed by atoms with van der Waals surface area (Å²) >= 11 is 16.4. The lowest BCUT2D eigenvalue weighted by Gasteiger charge is -2.14. The van der Waals surface area contributed by atoms with Gasteiger partial charge in [-0.05, 0) is 75.2 Å². The summed E-state index contributed by atoms with van der Waals surface area (Å²) in [6, 6.07) is 14.6. The molecule has 0 saturated carbocycles. The topological polar surface area (TPSA) is 55.8 Å². The van der Waals surface area contributed by atoms with Crippen LogP contribution in [0.2, 0.25) is 10.0 Å². The molecule has 4 rings (SSSR count). The number of rotatable bonds is 7. The molecule has 1 heterocycles. The lowest BCUT2D eigenvalue weighted by Crippen LogP contribution is -2.27. The van der Waals surface area contributed by atoms with E-state index >= 15 is 0 Å². The molecule has 1 aliphatic heterocycles. The summed E-state index contributed by atoms with van der Waals surface area (Å²) in [7, 11) is 1.48. The van der Waals surface area contributed by atoms with Gasteiger partial charge in [-0.3, -0.25) is 14.5 Å².